The molecule has 23 heavy (non-hydrogen) atoms. The third-order valence-electron chi connectivity index (χ3n) is 4.84. The van der Waals surface area contributed by atoms with Crippen molar-refractivity contribution in [3.63, 3.8) is 0 Å². The summed E-state index contributed by atoms with van der Waals surface area (Å²) in [6, 6.07) is 8.59. The maximum Gasteiger partial charge on any atom is 0.191 e. The van der Waals surface area contributed by atoms with Gasteiger partial charge in [-0.3, -0.25) is 4.99 Å². The van der Waals surface area contributed by atoms with Gasteiger partial charge in [0.05, 0.1) is 12.6 Å². The highest BCUT2D eigenvalue weighted by molar-refractivity contribution is 5.80. The summed E-state index contributed by atoms with van der Waals surface area (Å²) in [7, 11) is 3.51. The Balaban J connectivity index is 1.76. The summed E-state index contributed by atoms with van der Waals surface area (Å²) in [5.74, 6) is 1.84. The van der Waals surface area contributed by atoms with Crippen LogP contribution in [0.1, 0.15) is 43.7 Å². The van der Waals surface area contributed by atoms with Gasteiger partial charge in [-0.15, -0.1) is 0 Å². The number of aliphatic imine (C=N–C) groups is 1. The summed E-state index contributed by atoms with van der Waals surface area (Å²) in [4.78, 5) is 4.34. The van der Waals surface area contributed by atoms with E-state index in [2.05, 4.69) is 39.9 Å². The molecule has 1 fully saturated rings. The Kier molecular flexibility index (Phi) is 5.06. The van der Waals surface area contributed by atoms with E-state index in [-0.39, 0.29) is 11.6 Å². The third-order valence-corrected chi connectivity index (χ3v) is 4.84. The topological polar surface area (TPSA) is 54.9 Å². The zero-order chi connectivity index (χ0) is 16.1. The van der Waals surface area contributed by atoms with Crippen molar-refractivity contribution in [2.24, 2.45) is 4.99 Å². The molecule has 0 amide bonds. The van der Waals surface area contributed by atoms with Crippen LogP contribution in [0.4, 0.5) is 0 Å². The van der Waals surface area contributed by atoms with E-state index in [9.17, 15) is 0 Å². The Morgan fingerprint density at radius 2 is 2.13 bits per heavy atom. The molecule has 1 unspecified atom stereocenters. The van der Waals surface area contributed by atoms with E-state index in [1.165, 1.54) is 18.4 Å². The lowest BCUT2D eigenvalue weighted by Crippen LogP contribution is -2.47. The molecule has 0 saturated heterocycles. The molecule has 0 bridgehead atoms. The second kappa shape index (κ2) is 7.21. The first-order chi connectivity index (χ1) is 11.3. The molecule has 0 aromatic heterocycles. The Morgan fingerprint density at radius 3 is 2.87 bits per heavy atom. The van der Waals surface area contributed by atoms with Crippen molar-refractivity contribution in [3.8, 4) is 5.75 Å². The molecule has 0 radical (unpaired) electrons. The SMILES string of the molecule is CN=C(NCCOC)NC1CC2(CCCC2)Oc2ccccc21. The quantitative estimate of drug-likeness (QED) is 0.509. The molecule has 1 heterocycles. The van der Waals surface area contributed by atoms with Gasteiger partial charge in [0, 0.05) is 32.7 Å². The maximum absolute atomic E-state index is 6.40. The van der Waals surface area contributed by atoms with E-state index in [4.69, 9.17) is 9.47 Å². The molecule has 2 N–H and O–H groups in total. The number of hydrogen-bond donors (Lipinski definition) is 2. The number of ether oxygens (including phenoxy) is 2. The van der Waals surface area contributed by atoms with Crippen molar-refractivity contribution in [3.05, 3.63) is 29.8 Å². The van der Waals surface area contributed by atoms with Gasteiger partial charge in [-0.2, -0.15) is 0 Å². The molecule has 1 saturated carbocycles. The predicted molar refractivity (Wildman–Crippen MR) is 92.0 cm³/mol. The lowest BCUT2D eigenvalue weighted by Gasteiger charge is -2.40. The zero-order valence-corrected chi connectivity index (χ0v) is 14.1. The number of guanidine groups is 1. The van der Waals surface area contributed by atoms with E-state index in [1.54, 1.807) is 14.2 Å². The minimum Gasteiger partial charge on any atom is -0.487 e. The fraction of sp³-hybridized carbons (Fsp3) is 0.611. The van der Waals surface area contributed by atoms with E-state index in [0.29, 0.717) is 6.61 Å². The molecule has 126 valence electrons. The molecule has 1 spiro atoms. The number of nitrogens with one attached hydrogen (secondary N) is 2. The van der Waals surface area contributed by atoms with Gasteiger partial charge in [0.1, 0.15) is 11.4 Å². The summed E-state index contributed by atoms with van der Waals surface area (Å²) < 4.78 is 11.5. The van der Waals surface area contributed by atoms with Crippen molar-refractivity contribution in [1.29, 1.82) is 0 Å². The third kappa shape index (κ3) is 3.61. The van der Waals surface area contributed by atoms with Crippen LogP contribution < -0.4 is 15.4 Å². The van der Waals surface area contributed by atoms with Gasteiger partial charge >= 0.3 is 0 Å². The molecule has 3 rings (SSSR count). The summed E-state index contributed by atoms with van der Waals surface area (Å²) in [6.07, 6.45) is 5.81. The molecule has 2 aliphatic rings. The average Bonchev–Trinajstić information content (AvgIpc) is 3.01. The molecule has 1 aromatic rings. The molecular formula is C18H27N3O2. The van der Waals surface area contributed by atoms with E-state index in [1.807, 2.05) is 0 Å². The molecule has 1 aliphatic carbocycles. The Morgan fingerprint density at radius 1 is 1.35 bits per heavy atom. The van der Waals surface area contributed by atoms with Crippen molar-refractivity contribution in [1.82, 2.24) is 10.6 Å². The fourth-order valence-electron chi connectivity index (χ4n) is 3.70. The van der Waals surface area contributed by atoms with Crippen LogP contribution in [0, 0.1) is 0 Å². The number of benzene rings is 1. The lowest BCUT2D eigenvalue weighted by molar-refractivity contribution is 0.0396. The van der Waals surface area contributed by atoms with Gasteiger partial charge in [0.25, 0.3) is 0 Å². The number of rotatable bonds is 4. The van der Waals surface area contributed by atoms with E-state index >= 15 is 0 Å². The van der Waals surface area contributed by atoms with Crippen LogP contribution in [-0.4, -0.2) is 38.9 Å². The fourth-order valence-corrected chi connectivity index (χ4v) is 3.70. The number of para-hydroxylation sites is 1. The van der Waals surface area contributed by atoms with Gasteiger partial charge < -0.3 is 20.1 Å². The second-order valence-corrected chi connectivity index (χ2v) is 6.42. The minimum atomic E-state index is -0.00258. The normalized spacial score (nSPS) is 22.5. The molecule has 1 aliphatic heterocycles. The smallest absolute Gasteiger partial charge is 0.191 e. The number of methoxy groups -OCH3 is 1. The van der Waals surface area contributed by atoms with Gasteiger partial charge in [0.2, 0.25) is 0 Å². The number of nitrogens with zero attached hydrogens (tertiary/aromatic N) is 1. The van der Waals surface area contributed by atoms with Gasteiger partial charge in [-0.25, -0.2) is 0 Å². The standard InChI is InChI=1S/C18H27N3O2/c1-19-17(20-11-12-22-2)21-15-13-18(9-5-6-10-18)23-16-8-4-3-7-14(15)16/h3-4,7-8,15H,5-6,9-13H2,1-2H3,(H2,19,20,21). The van der Waals surface area contributed by atoms with Crippen LogP contribution in [0.2, 0.25) is 0 Å². The number of fused-ring (bicyclic) bond motifs is 1. The van der Waals surface area contributed by atoms with Gasteiger partial charge in [0.15, 0.2) is 5.96 Å². The van der Waals surface area contributed by atoms with Crippen LogP contribution in [0.5, 0.6) is 5.75 Å². The monoisotopic (exact) mass is 317 g/mol. The van der Waals surface area contributed by atoms with Crippen LogP contribution in [0.25, 0.3) is 0 Å². The Hall–Kier alpha value is -1.75. The van der Waals surface area contributed by atoms with Crippen molar-refractivity contribution < 1.29 is 9.47 Å². The summed E-state index contributed by atoms with van der Waals surface area (Å²) in [5, 5.41) is 6.88. The minimum absolute atomic E-state index is 0.00258. The maximum atomic E-state index is 6.40. The zero-order valence-electron chi connectivity index (χ0n) is 14.1. The van der Waals surface area contributed by atoms with Crippen LogP contribution in [0.15, 0.2) is 29.3 Å². The Labute approximate surface area is 138 Å². The van der Waals surface area contributed by atoms with Crippen molar-refractivity contribution in [2.45, 2.75) is 43.7 Å². The first kappa shape index (κ1) is 16.1. The molecule has 1 aromatic carbocycles. The van der Waals surface area contributed by atoms with E-state index < -0.39 is 0 Å². The van der Waals surface area contributed by atoms with Crippen LogP contribution >= 0.6 is 0 Å². The lowest BCUT2D eigenvalue weighted by atomic mass is 9.86. The first-order valence-corrected chi connectivity index (χ1v) is 8.50. The highest BCUT2D eigenvalue weighted by Gasteiger charge is 2.43. The van der Waals surface area contributed by atoms with Crippen molar-refractivity contribution in [2.75, 3.05) is 27.3 Å². The molecule has 5 heteroatoms. The highest BCUT2D eigenvalue weighted by atomic mass is 16.5. The average molecular weight is 317 g/mol. The summed E-state index contributed by atoms with van der Waals surface area (Å²) >= 11 is 0. The molecule has 5 nitrogen and oxygen atoms in total. The predicted octanol–water partition coefficient (Wildman–Crippen LogP) is 2.63. The van der Waals surface area contributed by atoms with E-state index in [0.717, 1.165) is 37.5 Å². The Bertz CT molecular complexity index is 553. The van der Waals surface area contributed by atoms with Gasteiger partial charge in [-0.1, -0.05) is 18.2 Å². The number of hydrogen-bond acceptors (Lipinski definition) is 3. The summed E-state index contributed by atoms with van der Waals surface area (Å²) in [5.41, 5.74) is 1.22. The molecular weight excluding hydrogens is 290 g/mol. The first-order valence-electron chi connectivity index (χ1n) is 8.50. The van der Waals surface area contributed by atoms with Crippen LogP contribution in [-0.2, 0) is 4.74 Å². The summed E-state index contributed by atoms with van der Waals surface area (Å²) in [6.45, 7) is 1.40. The second-order valence-electron chi connectivity index (χ2n) is 6.42. The largest absolute Gasteiger partial charge is 0.487 e. The van der Waals surface area contributed by atoms with Crippen LogP contribution in [0.3, 0.4) is 0 Å². The van der Waals surface area contributed by atoms with Gasteiger partial charge in [-0.05, 0) is 31.7 Å². The van der Waals surface area contributed by atoms with Crippen molar-refractivity contribution >= 4 is 5.96 Å². The molecule has 1 atom stereocenters. The highest BCUT2D eigenvalue weighted by Crippen LogP contribution is 2.46.